The van der Waals surface area contributed by atoms with E-state index >= 15 is 0 Å². The zero-order chi connectivity index (χ0) is 18.8. The van der Waals surface area contributed by atoms with Gasteiger partial charge in [-0.1, -0.05) is 18.2 Å². The zero-order valence-electron chi connectivity index (χ0n) is 12.9. The molecule has 2 heterocycles. The first-order valence-corrected chi connectivity index (χ1v) is 10.2. The lowest BCUT2D eigenvalue weighted by molar-refractivity contribution is 0.0573. The van der Waals surface area contributed by atoms with Crippen LogP contribution in [-0.2, 0) is 33.0 Å². The molecule has 0 atom stereocenters. The number of fused-ring (bicyclic) bond motifs is 1. The number of alkyl halides is 2. The molecule has 0 radical (unpaired) electrons. The van der Waals surface area contributed by atoms with Gasteiger partial charge in [0.1, 0.15) is 0 Å². The maximum absolute atomic E-state index is 12.7. The molecule has 0 saturated heterocycles. The number of nitrogens with one attached hydrogen (secondary N) is 1. The van der Waals surface area contributed by atoms with Crippen molar-refractivity contribution >= 4 is 20.0 Å². The zero-order valence-corrected chi connectivity index (χ0v) is 14.6. The Kier molecular flexibility index (Phi) is 5.56. The van der Waals surface area contributed by atoms with Crippen molar-refractivity contribution in [3.05, 3.63) is 41.7 Å². The van der Waals surface area contributed by atoms with E-state index in [0.29, 0.717) is 16.8 Å². The average molecular weight is 395 g/mol. The fourth-order valence-electron chi connectivity index (χ4n) is 2.17. The highest BCUT2D eigenvalue weighted by atomic mass is 32.2. The summed E-state index contributed by atoms with van der Waals surface area (Å²) >= 11 is 0. The smallest absolute Gasteiger partial charge is 0.305 e. The van der Waals surface area contributed by atoms with Gasteiger partial charge in [-0.05, 0) is 12.1 Å². The van der Waals surface area contributed by atoms with Crippen molar-refractivity contribution in [1.82, 2.24) is 14.9 Å². The minimum atomic E-state index is -4.00. The quantitative estimate of drug-likeness (QED) is 0.750. The third kappa shape index (κ3) is 4.60. The molecule has 0 unspecified atom stereocenters. The van der Waals surface area contributed by atoms with Crippen molar-refractivity contribution in [3.63, 3.8) is 0 Å². The maximum atomic E-state index is 12.7. The summed E-state index contributed by atoms with van der Waals surface area (Å²) in [5, 5.41) is 2.28. The number of nitrogens with zero attached hydrogens (tertiary/aromatic N) is 2. The fourth-order valence-corrected chi connectivity index (χ4v) is 3.50. The number of sulfone groups is 1. The number of hydrogen-bond acceptors (Lipinski definition) is 6. The van der Waals surface area contributed by atoms with E-state index in [4.69, 9.17) is 4.55 Å². The molecule has 2 aromatic rings. The van der Waals surface area contributed by atoms with Crippen LogP contribution in [0.15, 0.2) is 40.4 Å². The van der Waals surface area contributed by atoms with Crippen LogP contribution in [0.25, 0.3) is 0 Å². The molecule has 1 aliphatic rings. The lowest BCUT2D eigenvalue weighted by atomic mass is 10.4. The van der Waals surface area contributed by atoms with Gasteiger partial charge in [0.05, 0.1) is 16.3 Å². The molecule has 0 amide bonds. The molecule has 3 rings (SSSR count). The van der Waals surface area contributed by atoms with Crippen LogP contribution < -0.4 is 5.32 Å². The first-order valence-electron chi connectivity index (χ1n) is 6.83. The summed E-state index contributed by atoms with van der Waals surface area (Å²) in [6.07, 6.45) is 0.872. The van der Waals surface area contributed by atoms with Crippen LogP contribution in [-0.4, -0.2) is 37.2 Å². The van der Waals surface area contributed by atoms with Crippen LogP contribution in [0, 0.1) is 0 Å². The van der Waals surface area contributed by atoms with Gasteiger partial charge < -0.3 is 5.32 Å². The number of rotatable bonds is 3. The predicted molar refractivity (Wildman–Crippen MR) is 83.4 cm³/mol. The van der Waals surface area contributed by atoms with E-state index in [0.717, 1.165) is 6.26 Å². The van der Waals surface area contributed by atoms with Gasteiger partial charge >= 0.3 is 6.55 Å². The van der Waals surface area contributed by atoms with Gasteiger partial charge in [0.15, 0.2) is 0 Å². The summed E-state index contributed by atoms with van der Waals surface area (Å²) in [6.45, 7) is -2.33. The molecule has 0 fully saturated rings. The lowest BCUT2D eigenvalue weighted by Gasteiger charge is -2.07. The Labute approximate surface area is 143 Å². The fraction of sp³-hybridized carbons (Fsp3) is 0.308. The second-order valence-corrected chi connectivity index (χ2v) is 8.43. The normalized spacial score (nSPS) is 14.1. The van der Waals surface area contributed by atoms with Crippen LogP contribution in [0.2, 0.25) is 0 Å². The van der Waals surface area contributed by atoms with E-state index < -0.39 is 31.7 Å². The highest BCUT2D eigenvalue weighted by Crippen LogP contribution is 2.26. The Balaban J connectivity index is 0.000000196. The number of halogens is 2. The highest BCUT2D eigenvalue weighted by molar-refractivity contribution is 7.90. The van der Waals surface area contributed by atoms with Gasteiger partial charge in [-0.3, -0.25) is 9.12 Å². The second kappa shape index (κ2) is 7.15. The lowest BCUT2D eigenvalue weighted by Crippen LogP contribution is -2.14. The van der Waals surface area contributed by atoms with Crippen LogP contribution in [0.3, 0.4) is 0 Å². The third-order valence-electron chi connectivity index (χ3n) is 3.21. The van der Waals surface area contributed by atoms with E-state index in [-0.39, 0.29) is 17.1 Å². The minimum absolute atomic E-state index is 0.0741. The second-order valence-electron chi connectivity index (χ2n) is 5.10. The van der Waals surface area contributed by atoms with Crippen molar-refractivity contribution in [2.45, 2.75) is 29.7 Å². The van der Waals surface area contributed by atoms with Gasteiger partial charge in [0.25, 0.3) is 10.1 Å². The third-order valence-corrected chi connectivity index (χ3v) is 5.03. The summed E-state index contributed by atoms with van der Waals surface area (Å²) in [5.41, 5.74) is 0.640. The molecule has 1 aromatic heterocycles. The topological polar surface area (TPSA) is 118 Å². The SMILES string of the molecule is CS(=O)(=O)c1nc2c(n1C(F)F)CNC2.O=S(=O)(O)c1ccccc1. The molecule has 138 valence electrons. The van der Waals surface area contributed by atoms with E-state index in [1.807, 2.05) is 0 Å². The number of hydrogen-bond donors (Lipinski definition) is 2. The molecule has 1 aromatic carbocycles. The van der Waals surface area contributed by atoms with Crippen molar-refractivity contribution in [3.8, 4) is 0 Å². The molecule has 0 bridgehead atoms. The Hall–Kier alpha value is -1.89. The van der Waals surface area contributed by atoms with Crippen LogP contribution in [0.4, 0.5) is 8.78 Å². The van der Waals surface area contributed by atoms with Crippen molar-refractivity contribution in [1.29, 1.82) is 0 Å². The summed E-state index contributed by atoms with van der Waals surface area (Å²) < 4.78 is 77.5. The molecule has 25 heavy (non-hydrogen) atoms. The molecule has 12 heteroatoms. The van der Waals surface area contributed by atoms with Gasteiger partial charge in [-0.15, -0.1) is 0 Å². The van der Waals surface area contributed by atoms with Gasteiger partial charge in [-0.25, -0.2) is 13.4 Å². The Morgan fingerprint density at radius 3 is 2.20 bits per heavy atom. The molecule has 0 spiro atoms. The van der Waals surface area contributed by atoms with Crippen LogP contribution in [0.1, 0.15) is 17.9 Å². The number of benzene rings is 1. The Morgan fingerprint density at radius 2 is 1.76 bits per heavy atom. The predicted octanol–water partition coefficient (Wildman–Crippen LogP) is 1.22. The number of imidazole rings is 1. The molecule has 1 aliphatic heterocycles. The van der Waals surface area contributed by atoms with E-state index in [1.54, 1.807) is 18.2 Å². The molecule has 0 saturated carbocycles. The molecule has 0 aliphatic carbocycles. The highest BCUT2D eigenvalue weighted by Gasteiger charge is 2.29. The minimum Gasteiger partial charge on any atom is -0.305 e. The van der Waals surface area contributed by atoms with Crippen LogP contribution in [0.5, 0.6) is 0 Å². The molecular weight excluding hydrogens is 380 g/mol. The standard InChI is InChI=1S/C7H9F2N3O2S.C6H6O3S/c1-15(13,14)7-11-4-2-10-3-5(4)12(7)6(8)9;7-10(8,9)6-4-2-1-3-5-6/h6,10H,2-3H2,1H3;1-5H,(H,7,8,9). The van der Waals surface area contributed by atoms with Gasteiger partial charge in [0, 0.05) is 19.3 Å². The molecule has 8 nitrogen and oxygen atoms in total. The summed E-state index contributed by atoms with van der Waals surface area (Å²) in [5.74, 6) is 0. The van der Waals surface area contributed by atoms with E-state index in [1.165, 1.54) is 12.1 Å². The largest absolute Gasteiger partial charge is 0.320 e. The van der Waals surface area contributed by atoms with Gasteiger partial charge in [-0.2, -0.15) is 17.2 Å². The summed E-state index contributed by atoms with van der Waals surface area (Å²) in [4.78, 5) is 3.64. The Bertz CT molecular complexity index is 957. The van der Waals surface area contributed by atoms with E-state index in [9.17, 15) is 25.6 Å². The average Bonchev–Trinajstić information content (AvgIpc) is 3.07. The first kappa shape index (κ1) is 19.4. The monoisotopic (exact) mass is 395 g/mol. The Morgan fingerprint density at radius 1 is 1.16 bits per heavy atom. The van der Waals surface area contributed by atoms with Crippen molar-refractivity contribution < 1.29 is 30.2 Å². The number of aromatic nitrogens is 2. The van der Waals surface area contributed by atoms with Crippen LogP contribution >= 0.6 is 0 Å². The van der Waals surface area contributed by atoms with Crippen molar-refractivity contribution in [2.75, 3.05) is 6.26 Å². The van der Waals surface area contributed by atoms with E-state index in [2.05, 4.69) is 10.3 Å². The maximum Gasteiger partial charge on any atom is 0.320 e. The van der Waals surface area contributed by atoms with Crippen molar-refractivity contribution in [2.24, 2.45) is 0 Å². The molecule has 2 N–H and O–H groups in total. The van der Waals surface area contributed by atoms with Gasteiger partial charge in [0.2, 0.25) is 15.0 Å². The first-order chi connectivity index (χ1) is 11.5. The molecular formula is C13H15F2N3O5S2. The summed E-state index contributed by atoms with van der Waals surface area (Å²) in [6, 6.07) is 7.42. The summed E-state index contributed by atoms with van der Waals surface area (Å²) in [7, 11) is -7.72.